The molecule has 1 saturated heterocycles. The summed E-state index contributed by atoms with van der Waals surface area (Å²) in [5, 5.41) is 6.43. The Kier molecular flexibility index (Phi) is 3.15. The molecule has 1 aromatic carbocycles. The molecule has 2 aromatic rings. The van der Waals surface area contributed by atoms with Crippen LogP contribution in [0.15, 0.2) is 18.2 Å². The number of halogens is 1. The van der Waals surface area contributed by atoms with Gasteiger partial charge in [0.25, 0.3) is 0 Å². The maximum absolute atomic E-state index is 11.9. The molecule has 18 heavy (non-hydrogen) atoms. The van der Waals surface area contributed by atoms with Gasteiger partial charge in [0.05, 0.1) is 16.6 Å². The fraction of sp³-hybridized carbons (Fsp3) is 0.273. The fourth-order valence-corrected chi connectivity index (χ4v) is 2.98. The van der Waals surface area contributed by atoms with Gasteiger partial charge < -0.3 is 4.98 Å². The number of anilines is 1. The molecule has 0 aliphatic carbocycles. The van der Waals surface area contributed by atoms with Crippen LogP contribution in [0.3, 0.4) is 0 Å². The summed E-state index contributed by atoms with van der Waals surface area (Å²) in [6.45, 7) is 0. The summed E-state index contributed by atoms with van der Waals surface area (Å²) < 4.78 is 0. The van der Waals surface area contributed by atoms with Crippen molar-refractivity contribution in [3.8, 4) is 0 Å². The normalized spacial score (nSPS) is 19.3. The fourth-order valence-electron chi connectivity index (χ4n) is 1.82. The molecule has 0 saturated carbocycles. The molecule has 0 radical (unpaired) electrons. The molecule has 3 rings (SSSR count). The maximum Gasteiger partial charge on any atom is 0.244 e. The minimum absolute atomic E-state index is 0.0739. The van der Waals surface area contributed by atoms with Crippen LogP contribution in [-0.2, 0) is 4.79 Å². The van der Waals surface area contributed by atoms with Crippen LogP contribution < -0.4 is 10.6 Å². The lowest BCUT2D eigenvalue weighted by molar-refractivity contribution is -0.117. The van der Waals surface area contributed by atoms with Crippen molar-refractivity contribution < 1.29 is 4.79 Å². The van der Waals surface area contributed by atoms with Gasteiger partial charge in [0.15, 0.2) is 0 Å². The Bertz CT molecular complexity index is 594. The highest BCUT2D eigenvalue weighted by atomic mass is 35.5. The second kappa shape index (κ2) is 4.79. The number of rotatable bonds is 2. The van der Waals surface area contributed by atoms with Gasteiger partial charge in [-0.1, -0.05) is 17.7 Å². The average molecular weight is 283 g/mol. The summed E-state index contributed by atoms with van der Waals surface area (Å²) in [5.41, 5.74) is 1.48. The first kappa shape index (κ1) is 11.8. The van der Waals surface area contributed by atoms with Gasteiger partial charge in [-0.3, -0.25) is 15.4 Å². The molecule has 1 aliphatic rings. The molecule has 7 heteroatoms. The molecule has 0 spiro atoms. The van der Waals surface area contributed by atoms with E-state index in [0.29, 0.717) is 16.5 Å². The van der Waals surface area contributed by atoms with Gasteiger partial charge in [-0.05, 0) is 12.1 Å². The van der Waals surface area contributed by atoms with Crippen LogP contribution in [-0.4, -0.2) is 33.5 Å². The second-order valence-corrected chi connectivity index (χ2v) is 5.42. The van der Waals surface area contributed by atoms with Crippen molar-refractivity contribution in [3.05, 3.63) is 23.2 Å². The summed E-state index contributed by atoms with van der Waals surface area (Å²) in [5.74, 6) is 1.95. The number of carbonyl (C=O) groups excluding carboxylic acids is 1. The zero-order valence-electron chi connectivity index (χ0n) is 9.37. The predicted octanol–water partition coefficient (Wildman–Crippen LogP) is 1.82. The monoisotopic (exact) mass is 282 g/mol. The number of benzene rings is 1. The van der Waals surface area contributed by atoms with E-state index in [2.05, 4.69) is 20.6 Å². The van der Waals surface area contributed by atoms with E-state index in [9.17, 15) is 4.79 Å². The van der Waals surface area contributed by atoms with Crippen molar-refractivity contribution in [2.24, 2.45) is 0 Å². The van der Waals surface area contributed by atoms with Crippen molar-refractivity contribution in [1.29, 1.82) is 0 Å². The van der Waals surface area contributed by atoms with Gasteiger partial charge in [-0.25, -0.2) is 4.98 Å². The van der Waals surface area contributed by atoms with Crippen molar-refractivity contribution in [2.75, 3.05) is 16.9 Å². The highest BCUT2D eigenvalue weighted by Gasteiger charge is 2.23. The molecule has 1 atom stereocenters. The maximum atomic E-state index is 11.9. The first-order valence-corrected chi connectivity index (χ1v) is 7.03. The van der Waals surface area contributed by atoms with Crippen molar-refractivity contribution in [2.45, 2.75) is 6.04 Å². The minimum atomic E-state index is -0.154. The Morgan fingerprint density at radius 2 is 2.44 bits per heavy atom. The second-order valence-electron chi connectivity index (χ2n) is 3.98. The van der Waals surface area contributed by atoms with E-state index in [4.69, 9.17) is 11.6 Å². The van der Waals surface area contributed by atoms with Crippen LogP contribution in [0.4, 0.5) is 5.95 Å². The highest BCUT2D eigenvalue weighted by Crippen LogP contribution is 2.22. The van der Waals surface area contributed by atoms with Crippen LogP contribution in [0.2, 0.25) is 5.02 Å². The minimum Gasteiger partial charge on any atom is -0.324 e. The number of carbonyl (C=O) groups is 1. The SMILES string of the molecule is O=C(Nc1nc2c(Cl)cccc2[nH]1)C1CSCN1. The Morgan fingerprint density at radius 3 is 3.17 bits per heavy atom. The molecule has 1 fully saturated rings. The number of hydrogen-bond donors (Lipinski definition) is 3. The topological polar surface area (TPSA) is 69.8 Å². The Balaban J connectivity index is 1.82. The standard InChI is InChI=1S/C11H11ClN4OS/c12-6-2-1-3-7-9(6)15-11(14-7)16-10(17)8-4-18-5-13-8/h1-3,8,13H,4-5H2,(H2,14,15,16,17). The third-order valence-electron chi connectivity index (χ3n) is 2.74. The van der Waals surface area contributed by atoms with Gasteiger partial charge in [-0.2, -0.15) is 0 Å². The first-order chi connectivity index (χ1) is 8.74. The van der Waals surface area contributed by atoms with E-state index in [1.165, 1.54) is 0 Å². The molecule has 5 nitrogen and oxygen atoms in total. The number of fused-ring (bicyclic) bond motifs is 1. The van der Waals surface area contributed by atoms with E-state index in [1.807, 2.05) is 12.1 Å². The molecule has 3 N–H and O–H groups in total. The van der Waals surface area contributed by atoms with Crippen LogP contribution in [0.1, 0.15) is 0 Å². The summed E-state index contributed by atoms with van der Waals surface area (Å²) >= 11 is 7.73. The summed E-state index contributed by atoms with van der Waals surface area (Å²) in [6.07, 6.45) is 0. The zero-order valence-corrected chi connectivity index (χ0v) is 10.9. The predicted molar refractivity (Wildman–Crippen MR) is 74.0 cm³/mol. The Labute approximate surface area is 113 Å². The zero-order chi connectivity index (χ0) is 12.5. The molecule has 2 heterocycles. The Hall–Kier alpha value is -1.24. The molecule has 1 unspecified atom stereocenters. The molecular formula is C11H11ClN4OS. The number of nitrogens with one attached hydrogen (secondary N) is 3. The lowest BCUT2D eigenvalue weighted by Crippen LogP contribution is -2.37. The third kappa shape index (κ3) is 2.19. The number of H-pyrrole nitrogens is 1. The number of para-hydroxylation sites is 1. The van der Waals surface area contributed by atoms with E-state index in [1.54, 1.807) is 17.8 Å². The van der Waals surface area contributed by atoms with Crippen LogP contribution in [0, 0.1) is 0 Å². The largest absolute Gasteiger partial charge is 0.324 e. The van der Waals surface area contributed by atoms with E-state index in [-0.39, 0.29) is 11.9 Å². The number of imidazole rings is 1. The van der Waals surface area contributed by atoms with Gasteiger partial charge in [0.2, 0.25) is 11.9 Å². The van der Waals surface area contributed by atoms with E-state index < -0.39 is 0 Å². The average Bonchev–Trinajstić information content (AvgIpc) is 2.97. The lowest BCUT2D eigenvalue weighted by Gasteiger charge is -2.07. The first-order valence-electron chi connectivity index (χ1n) is 5.50. The number of aromatic amines is 1. The molecular weight excluding hydrogens is 272 g/mol. The van der Waals surface area contributed by atoms with E-state index in [0.717, 1.165) is 17.1 Å². The van der Waals surface area contributed by atoms with Crippen LogP contribution in [0.25, 0.3) is 11.0 Å². The van der Waals surface area contributed by atoms with E-state index >= 15 is 0 Å². The van der Waals surface area contributed by atoms with Crippen LogP contribution >= 0.6 is 23.4 Å². The number of thioether (sulfide) groups is 1. The molecule has 1 aromatic heterocycles. The smallest absolute Gasteiger partial charge is 0.244 e. The lowest BCUT2D eigenvalue weighted by atomic mass is 10.3. The molecule has 0 bridgehead atoms. The van der Waals surface area contributed by atoms with Gasteiger partial charge in [-0.15, -0.1) is 11.8 Å². The summed E-state index contributed by atoms with van der Waals surface area (Å²) in [6, 6.07) is 5.32. The van der Waals surface area contributed by atoms with Gasteiger partial charge in [0.1, 0.15) is 5.52 Å². The number of aromatic nitrogens is 2. The van der Waals surface area contributed by atoms with Crippen molar-refractivity contribution in [3.63, 3.8) is 0 Å². The third-order valence-corrected chi connectivity index (χ3v) is 3.98. The molecule has 1 aliphatic heterocycles. The molecule has 94 valence electrons. The number of nitrogens with zero attached hydrogens (tertiary/aromatic N) is 1. The quantitative estimate of drug-likeness (QED) is 0.786. The number of amides is 1. The summed E-state index contributed by atoms with van der Waals surface area (Å²) in [4.78, 5) is 19.2. The van der Waals surface area contributed by atoms with Crippen molar-refractivity contribution >= 4 is 46.3 Å². The van der Waals surface area contributed by atoms with Crippen LogP contribution in [0.5, 0.6) is 0 Å². The Morgan fingerprint density at radius 1 is 1.56 bits per heavy atom. The number of hydrogen-bond acceptors (Lipinski definition) is 4. The van der Waals surface area contributed by atoms with Crippen molar-refractivity contribution in [1.82, 2.24) is 15.3 Å². The van der Waals surface area contributed by atoms with Gasteiger partial charge >= 0.3 is 0 Å². The highest BCUT2D eigenvalue weighted by molar-refractivity contribution is 7.99. The summed E-state index contributed by atoms with van der Waals surface area (Å²) in [7, 11) is 0. The molecule has 1 amide bonds. The van der Waals surface area contributed by atoms with Gasteiger partial charge in [0, 0.05) is 11.6 Å².